The number of nitrogen functional groups attached to an aromatic ring is 1. The zero-order valence-electron chi connectivity index (χ0n) is 14.2. The van der Waals surface area contributed by atoms with Gasteiger partial charge in [-0.05, 0) is 36.4 Å². The van der Waals surface area contributed by atoms with Gasteiger partial charge in [0.2, 0.25) is 0 Å². The number of pyridine rings is 1. The van der Waals surface area contributed by atoms with Gasteiger partial charge in [0.1, 0.15) is 11.6 Å². The van der Waals surface area contributed by atoms with Gasteiger partial charge >= 0.3 is 6.18 Å². The van der Waals surface area contributed by atoms with Gasteiger partial charge in [0, 0.05) is 18.2 Å². The molecule has 2 aromatic heterocycles. The topological polar surface area (TPSA) is 85.8 Å². The molecule has 0 aliphatic heterocycles. The van der Waals surface area contributed by atoms with Crippen LogP contribution >= 0.6 is 0 Å². The highest BCUT2D eigenvalue weighted by atomic mass is 19.4. The fraction of sp³-hybridized carbons (Fsp3) is 0.118. The molecular weight excluding hydrogens is 385 g/mol. The van der Waals surface area contributed by atoms with Crippen LogP contribution in [0.2, 0.25) is 0 Å². The maximum Gasteiger partial charge on any atom is 0.435 e. The summed E-state index contributed by atoms with van der Waals surface area (Å²) in [6.07, 6.45) is -4.61. The Kier molecular flexibility index (Phi) is 4.75. The molecular formula is C17H12F5N5O. The van der Waals surface area contributed by atoms with Crippen LogP contribution in [-0.4, -0.2) is 20.7 Å². The molecule has 3 rings (SSSR count). The number of anilines is 2. The van der Waals surface area contributed by atoms with E-state index in [2.05, 4.69) is 15.4 Å². The average molecular weight is 397 g/mol. The van der Waals surface area contributed by atoms with E-state index in [1.165, 1.54) is 19.2 Å². The molecule has 146 valence electrons. The number of benzene rings is 1. The summed E-state index contributed by atoms with van der Waals surface area (Å²) in [5.41, 5.74) is 4.83. The molecule has 0 radical (unpaired) electrons. The number of nitrogens with one attached hydrogen (secondary N) is 1. The van der Waals surface area contributed by atoms with E-state index in [-0.39, 0.29) is 28.5 Å². The monoisotopic (exact) mass is 397 g/mol. The summed E-state index contributed by atoms with van der Waals surface area (Å²) in [6, 6.07) is 6.10. The maximum absolute atomic E-state index is 13.2. The lowest BCUT2D eigenvalue weighted by molar-refractivity contribution is -0.141. The number of carbonyl (C=O) groups is 1. The minimum atomic E-state index is -4.61. The molecule has 0 atom stereocenters. The third-order valence-corrected chi connectivity index (χ3v) is 3.79. The largest absolute Gasteiger partial charge is 0.435 e. The molecule has 0 saturated heterocycles. The number of alkyl halides is 3. The van der Waals surface area contributed by atoms with E-state index >= 15 is 0 Å². The second-order valence-corrected chi connectivity index (χ2v) is 5.75. The van der Waals surface area contributed by atoms with Crippen LogP contribution in [0.25, 0.3) is 11.3 Å². The van der Waals surface area contributed by atoms with Gasteiger partial charge < -0.3 is 11.1 Å². The molecule has 1 aromatic carbocycles. The smallest absolute Gasteiger partial charge is 0.383 e. The minimum Gasteiger partial charge on any atom is -0.383 e. The average Bonchev–Trinajstić information content (AvgIpc) is 2.99. The number of hydrogen-bond donors (Lipinski definition) is 2. The molecule has 28 heavy (non-hydrogen) atoms. The second kappa shape index (κ2) is 6.91. The van der Waals surface area contributed by atoms with E-state index in [1.807, 2.05) is 0 Å². The first-order chi connectivity index (χ1) is 13.1. The van der Waals surface area contributed by atoms with Gasteiger partial charge in [0.25, 0.3) is 5.91 Å². The molecule has 0 aliphatic rings. The molecule has 3 N–H and O–H groups in total. The van der Waals surface area contributed by atoms with E-state index in [9.17, 15) is 26.7 Å². The van der Waals surface area contributed by atoms with Crippen LogP contribution in [0.5, 0.6) is 0 Å². The highest BCUT2D eigenvalue weighted by molar-refractivity contribution is 6.04. The first kappa shape index (κ1) is 19.3. The van der Waals surface area contributed by atoms with Crippen molar-refractivity contribution in [2.45, 2.75) is 6.18 Å². The molecule has 0 bridgehead atoms. The van der Waals surface area contributed by atoms with Gasteiger partial charge in [-0.2, -0.15) is 18.3 Å². The van der Waals surface area contributed by atoms with Crippen LogP contribution < -0.4 is 11.1 Å². The van der Waals surface area contributed by atoms with Crippen molar-refractivity contribution in [2.75, 3.05) is 11.1 Å². The molecule has 0 aliphatic carbocycles. The fourth-order valence-corrected chi connectivity index (χ4v) is 2.44. The molecule has 0 spiro atoms. The van der Waals surface area contributed by atoms with E-state index < -0.39 is 29.4 Å². The number of rotatable bonds is 3. The normalized spacial score (nSPS) is 11.5. The first-order valence-electron chi connectivity index (χ1n) is 7.71. The molecule has 0 unspecified atom stereocenters. The van der Waals surface area contributed by atoms with Gasteiger partial charge in [0.15, 0.2) is 17.3 Å². The lowest BCUT2D eigenvalue weighted by Crippen LogP contribution is -2.14. The zero-order valence-corrected chi connectivity index (χ0v) is 14.2. The molecule has 0 saturated carbocycles. The Balaban J connectivity index is 1.86. The minimum absolute atomic E-state index is 0.0193. The summed E-state index contributed by atoms with van der Waals surface area (Å²) in [4.78, 5) is 16.0. The van der Waals surface area contributed by atoms with Crippen molar-refractivity contribution in [1.82, 2.24) is 14.8 Å². The number of nitrogens with zero attached hydrogens (tertiary/aromatic N) is 3. The van der Waals surface area contributed by atoms with Crippen LogP contribution in [-0.2, 0) is 13.2 Å². The number of amides is 1. The molecule has 6 nitrogen and oxygen atoms in total. The first-order valence-corrected chi connectivity index (χ1v) is 7.71. The van der Waals surface area contributed by atoms with E-state index in [4.69, 9.17) is 5.73 Å². The summed E-state index contributed by atoms with van der Waals surface area (Å²) in [5, 5.41) is 5.74. The highest BCUT2D eigenvalue weighted by Crippen LogP contribution is 2.33. The van der Waals surface area contributed by atoms with Gasteiger partial charge in [-0.25, -0.2) is 13.8 Å². The molecule has 1 amide bonds. The Labute approximate surface area is 154 Å². The summed E-state index contributed by atoms with van der Waals surface area (Å²) in [6.45, 7) is 0. The molecule has 11 heteroatoms. The highest BCUT2D eigenvalue weighted by Gasteiger charge is 2.35. The lowest BCUT2D eigenvalue weighted by Gasteiger charge is -2.09. The van der Waals surface area contributed by atoms with Gasteiger partial charge in [-0.1, -0.05) is 0 Å². The van der Waals surface area contributed by atoms with Crippen molar-refractivity contribution < 1.29 is 26.7 Å². The Hall–Kier alpha value is -3.50. The van der Waals surface area contributed by atoms with E-state index in [0.29, 0.717) is 0 Å². The number of carbonyl (C=O) groups excluding carboxylic acids is 1. The third-order valence-electron chi connectivity index (χ3n) is 3.79. The number of hydrogen-bond acceptors (Lipinski definition) is 4. The van der Waals surface area contributed by atoms with Gasteiger partial charge in [0.05, 0.1) is 5.69 Å². The SMILES string of the molecule is Cn1nc(C(F)(F)F)cc1-c1ccc(NC(=O)c2ccc(F)c(F)c2)nc1N. The van der Waals surface area contributed by atoms with Crippen molar-refractivity contribution >= 4 is 17.5 Å². The van der Waals surface area contributed by atoms with Crippen LogP contribution in [0.4, 0.5) is 33.6 Å². The predicted molar refractivity (Wildman–Crippen MR) is 90.2 cm³/mol. The summed E-state index contributed by atoms with van der Waals surface area (Å²) in [5.74, 6) is -3.22. The number of nitrogens with two attached hydrogens (primary N) is 1. The summed E-state index contributed by atoms with van der Waals surface area (Å²) in [7, 11) is 1.32. The summed E-state index contributed by atoms with van der Waals surface area (Å²) >= 11 is 0. The van der Waals surface area contributed by atoms with Gasteiger partial charge in [-0.15, -0.1) is 0 Å². The molecule has 2 heterocycles. The van der Waals surface area contributed by atoms with Crippen LogP contribution in [0.15, 0.2) is 36.4 Å². The lowest BCUT2D eigenvalue weighted by atomic mass is 10.1. The third kappa shape index (κ3) is 3.77. The standard InChI is InChI=1S/C17H12F5N5O/c1-27-12(7-13(26-27)17(20,21)22)9-3-5-14(24-15(9)23)25-16(28)8-2-4-10(18)11(19)6-8/h2-7H,1H3,(H3,23,24,25,28). The Bertz CT molecular complexity index is 1060. The van der Waals surface area contributed by atoms with Crippen LogP contribution in [0.3, 0.4) is 0 Å². The van der Waals surface area contributed by atoms with E-state index in [1.54, 1.807) is 0 Å². The predicted octanol–water partition coefficient (Wildman–Crippen LogP) is 3.61. The van der Waals surface area contributed by atoms with Crippen LogP contribution in [0.1, 0.15) is 16.1 Å². The van der Waals surface area contributed by atoms with Crippen molar-refractivity contribution in [3.63, 3.8) is 0 Å². The molecule has 3 aromatic rings. The zero-order chi connectivity index (χ0) is 20.6. The van der Waals surface area contributed by atoms with Crippen molar-refractivity contribution in [3.8, 4) is 11.3 Å². The quantitative estimate of drug-likeness (QED) is 0.661. The second-order valence-electron chi connectivity index (χ2n) is 5.75. The number of halogens is 5. The summed E-state index contributed by atoms with van der Waals surface area (Å²) < 4.78 is 65.6. The number of aryl methyl sites for hydroxylation is 1. The van der Waals surface area contributed by atoms with Gasteiger partial charge in [-0.3, -0.25) is 9.48 Å². The fourth-order valence-electron chi connectivity index (χ4n) is 2.44. The molecule has 0 fully saturated rings. The number of aromatic nitrogens is 3. The Morgan fingerprint density at radius 1 is 1.11 bits per heavy atom. The van der Waals surface area contributed by atoms with Crippen molar-refractivity contribution in [3.05, 3.63) is 59.3 Å². The van der Waals surface area contributed by atoms with Crippen molar-refractivity contribution in [2.24, 2.45) is 7.05 Å². The van der Waals surface area contributed by atoms with Crippen LogP contribution in [0, 0.1) is 11.6 Å². The van der Waals surface area contributed by atoms with Crippen molar-refractivity contribution in [1.29, 1.82) is 0 Å². The Morgan fingerprint density at radius 3 is 2.39 bits per heavy atom. The maximum atomic E-state index is 13.2. The van der Waals surface area contributed by atoms with E-state index in [0.717, 1.165) is 28.9 Å². The Morgan fingerprint density at radius 2 is 1.82 bits per heavy atom.